The molecule has 4 N–H and O–H groups in total. The Labute approximate surface area is 95.4 Å². The SMILES string of the molecule is NC(=O)/C=C/[C@H]1CCCC[C@@H]1/C=C/C(N)=O. The minimum atomic E-state index is -0.428. The monoisotopic (exact) mass is 222 g/mol. The lowest BCUT2D eigenvalue weighted by Gasteiger charge is -2.26. The third kappa shape index (κ3) is 4.29. The van der Waals surface area contributed by atoms with E-state index in [2.05, 4.69) is 0 Å². The lowest BCUT2D eigenvalue weighted by Crippen LogP contribution is -2.18. The number of carbonyl (C=O) groups is 2. The van der Waals surface area contributed by atoms with Crippen molar-refractivity contribution in [3.05, 3.63) is 24.3 Å². The number of hydrogen-bond acceptors (Lipinski definition) is 2. The molecule has 0 aromatic carbocycles. The molecule has 0 aromatic heterocycles. The quantitative estimate of drug-likeness (QED) is 0.692. The van der Waals surface area contributed by atoms with Crippen LogP contribution in [0.5, 0.6) is 0 Å². The highest BCUT2D eigenvalue weighted by molar-refractivity contribution is 5.86. The van der Waals surface area contributed by atoms with Gasteiger partial charge in [-0.1, -0.05) is 25.0 Å². The first-order chi connectivity index (χ1) is 7.59. The van der Waals surface area contributed by atoms with Crippen LogP contribution >= 0.6 is 0 Å². The van der Waals surface area contributed by atoms with Crippen molar-refractivity contribution in [1.29, 1.82) is 0 Å². The summed E-state index contributed by atoms with van der Waals surface area (Å²) in [6.07, 6.45) is 10.8. The minimum absolute atomic E-state index is 0.289. The third-order valence-electron chi connectivity index (χ3n) is 2.89. The Hall–Kier alpha value is -1.58. The maximum atomic E-state index is 10.7. The molecule has 4 heteroatoms. The summed E-state index contributed by atoms with van der Waals surface area (Å²) >= 11 is 0. The van der Waals surface area contributed by atoms with Crippen LogP contribution in [-0.2, 0) is 9.59 Å². The molecule has 0 radical (unpaired) electrons. The Morgan fingerprint density at radius 2 is 1.25 bits per heavy atom. The second-order valence-corrected chi connectivity index (χ2v) is 4.14. The van der Waals surface area contributed by atoms with Gasteiger partial charge in [0.15, 0.2) is 0 Å². The molecule has 0 aliphatic heterocycles. The van der Waals surface area contributed by atoms with Gasteiger partial charge in [0.1, 0.15) is 0 Å². The number of primary amides is 2. The molecule has 1 aliphatic rings. The zero-order valence-electron chi connectivity index (χ0n) is 9.26. The summed E-state index contributed by atoms with van der Waals surface area (Å²) in [6, 6.07) is 0. The summed E-state index contributed by atoms with van der Waals surface area (Å²) < 4.78 is 0. The third-order valence-corrected chi connectivity index (χ3v) is 2.89. The Bertz CT molecular complexity index is 289. The first kappa shape index (κ1) is 12.5. The first-order valence-electron chi connectivity index (χ1n) is 5.55. The summed E-state index contributed by atoms with van der Waals surface area (Å²) in [5, 5.41) is 0. The molecule has 0 aromatic rings. The van der Waals surface area contributed by atoms with Crippen molar-refractivity contribution in [3.8, 4) is 0 Å². The van der Waals surface area contributed by atoms with Gasteiger partial charge in [-0.3, -0.25) is 9.59 Å². The van der Waals surface area contributed by atoms with Gasteiger partial charge in [-0.15, -0.1) is 0 Å². The van der Waals surface area contributed by atoms with E-state index < -0.39 is 11.8 Å². The summed E-state index contributed by atoms with van der Waals surface area (Å²) in [4.78, 5) is 21.3. The van der Waals surface area contributed by atoms with E-state index in [4.69, 9.17) is 11.5 Å². The molecule has 0 spiro atoms. The number of hydrogen-bond donors (Lipinski definition) is 2. The molecule has 1 fully saturated rings. The fraction of sp³-hybridized carbons (Fsp3) is 0.500. The fourth-order valence-corrected chi connectivity index (χ4v) is 2.10. The van der Waals surface area contributed by atoms with E-state index >= 15 is 0 Å². The zero-order valence-corrected chi connectivity index (χ0v) is 9.26. The highest BCUT2D eigenvalue weighted by Crippen LogP contribution is 2.31. The van der Waals surface area contributed by atoms with Gasteiger partial charge in [0.25, 0.3) is 0 Å². The van der Waals surface area contributed by atoms with Gasteiger partial charge in [-0.2, -0.15) is 0 Å². The van der Waals surface area contributed by atoms with E-state index in [0.29, 0.717) is 0 Å². The van der Waals surface area contributed by atoms with Crippen LogP contribution in [0.1, 0.15) is 25.7 Å². The van der Waals surface area contributed by atoms with Gasteiger partial charge in [0.05, 0.1) is 0 Å². The molecule has 1 aliphatic carbocycles. The van der Waals surface area contributed by atoms with Crippen molar-refractivity contribution >= 4 is 11.8 Å². The van der Waals surface area contributed by atoms with E-state index in [1.165, 1.54) is 12.2 Å². The summed E-state index contributed by atoms with van der Waals surface area (Å²) in [5.74, 6) is -0.278. The molecular formula is C12H18N2O2. The van der Waals surface area contributed by atoms with Crippen molar-refractivity contribution in [3.63, 3.8) is 0 Å². The molecule has 16 heavy (non-hydrogen) atoms. The standard InChI is InChI=1S/C12H18N2O2/c13-11(15)7-5-9-3-1-2-4-10(9)6-8-12(14)16/h5-10H,1-4H2,(H2,13,15)(H2,14,16)/b7-5+,8-6+/t9-,10-/m1/s1. The molecule has 0 heterocycles. The molecule has 2 atom stereocenters. The lowest BCUT2D eigenvalue weighted by molar-refractivity contribution is -0.114. The van der Waals surface area contributed by atoms with Crippen LogP contribution in [-0.4, -0.2) is 11.8 Å². The maximum absolute atomic E-state index is 10.7. The normalized spacial score (nSPS) is 26.2. The number of carbonyl (C=O) groups excluding carboxylic acids is 2. The van der Waals surface area contributed by atoms with Gasteiger partial charge in [-0.05, 0) is 36.8 Å². The Balaban J connectivity index is 2.63. The molecule has 4 nitrogen and oxygen atoms in total. The number of amides is 2. The van der Waals surface area contributed by atoms with Crippen LogP contribution in [0, 0.1) is 11.8 Å². The molecule has 0 bridgehead atoms. The predicted octanol–water partition coefficient (Wildman–Crippen LogP) is 0.876. The minimum Gasteiger partial charge on any atom is -0.366 e. The summed E-state index contributed by atoms with van der Waals surface area (Å²) in [7, 11) is 0. The van der Waals surface area contributed by atoms with Crippen LogP contribution in [0.4, 0.5) is 0 Å². The molecule has 2 amide bonds. The number of allylic oxidation sites excluding steroid dienone is 2. The van der Waals surface area contributed by atoms with Crippen LogP contribution in [0.15, 0.2) is 24.3 Å². The Kier molecular flexibility index (Phi) is 4.76. The highest BCUT2D eigenvalue weighted by Gasteiger charge is 2.20. The van der Waals surface area contributed by atoms with Gasteiger partial charge in [0.2, 0.25) is 11.8 Å². The summed E-state index contributed by atoms with van der Waals surface area (Å²) in [5.41, 5.74) is 10.1. The van der Waals surface area contributed by atoms with E-state index in [0.717, 1.165) is 25.7 Å². The number of nitrogens with two attached hydrogens (primary N) is 2. The van der Waals surface area contributed by atoms with Crippen molar-refractivity contribution < 1.29 is 9.59 Å². The fourth-order valence-electron chi connectivity index (χ4n) is 2.10. The maximum Gasteiger partial charge on any atom is 0.241 e. The van der Waals surface area contributed by atoms with Crippen molar-refractivity contribution in [1.82, 2.24) is 0 Å². The second kappa shape index (κ2) is 6.10. The number of rotatable bonds is 4. The highest BCUT2D eigenvalue weighted by atomic mass is 16.1. The average Bonchev–Trinajstić information content (AvgIpc) is 2.24. The second-order valence-electron chi connectivity index (χ2n) is 4.14. The van der Waals surface area contributed by atoms with Crippen LogP contribution in [0.2, 0.25) is 0 Å². The van der Waals surface area contributed by atoms with Crippen molar-refractivity contribution in [2.45, 2.75) is 25.7 Å². The average molecular weight is 222 g/mol. The Morgan fingerprint density at radius 1 is 0.875 bits per heavy atom. The molecular weight excluding hydrogens is 204 g/mol. The van der Waals surface area contributed by atoms with Crippen LogP contribution in [0.3, 0.4) is 0 Å². The molecule has 0 unspecified atom stereocenters. The topological polar surface area (TPSA) is 86.2 Å². The van der Waals surface area contributed by atoms with Crippen LogP contribution in [0.25, 0.3) is 0 Å². The van der Waals surface area contributed by atoms with Gasteiger partial charge >= 0.3 is 0 Å². The van der Waals surface area contributed by atoms with E-state index in [9.17, 15) is 9.59 Å². The van der Waals surface area contributed by atoms with E-state index in [1.54, 1.807) is 0 Å². The van der Waals surface area contributed by atoms with Crippen molar-refractivity contribution in [2.75, 3.05) is 0 Å². The van der Waals surface area contributed by atoms with E-state index in [-0.39, 0.29) is 11.8 Å². The van der Waals surface area contributed by atoms with E-state index in [1.807, 2.05) is 12.2 Å². The molecule has 88 valence electrons. The zero-order chi connectivity index (χ0) is 12.0. The first-order valence-corrected chi connectivity index (χ1v) is 5.55. The van der Waals surface area contributed by atoms with Gasteiger partial charge < -0.3 is 11.5 Å². The lowest BCUT2D eigenvalue weighted by atomic mass is 9.79. The molecule has 1 rings (SSSR count). The van der Waals surface area contributed by atoms with Gasteiger partial charge in [-0.25, -0.2) is 0 Å². The molecule has 0 saturated heterocycles. The Morgan fingerprint density at radius 3 is 1.56 bits per heavy atom. The van der Waals surface area contributed by atoms with Crippen molar-refractivity contribution in [2.24, 2.45) is 23.3 Å². The smallest absolute Gasteiger partial charge is 0.241 e. The van der Waals surface area contributed by atoms with Gasteiger partial charge in [0, 0.05) is 0 Å². The largest absolute Gasteiger partial charge is 0.366 e. The van der Waals surface area contributed by atoms with Crippen LogP contribution < -0.4 is 11.5 Å². The predicted molar refractivity (Wildman–Crippen MR) is 62.1 cm³/mol. The molecule has 1 saturated carbocycles. The summed E-state index contributed by atoms with van der Waals surface area (Å²) in [6.45, 7) is 0.